The Bertz CT molecular complexity index is 882. The summed E-state index contributed by atoms with van der Waals surface area (Å²) in [6, 6.07) is 13.5. The number of carbonyl (C=O) groups is 1. The van der Waals surface area contributed by atoms with E-state index in [1.165, 1.54) is 0 Å². The molecule has 0 spiro atoms. The van der Waals surface area contributed by atoms with E-state index in [-0.39, 0.29) is 30.7 Å². The van der Waals surface area contributed by atoms with Crippen LogP contribution < -0.4 is 4.74 Å². The number of carbonyl (C=O) groups excluding carboxylic acids is 1. The Morgan fingerprint density at radius 2 is 1.93 bits per heavy atom. The topological polar surface area (TPSA) is 76.0 Å². The van der Waals surface area contributed by atoms with Crippen molar-refractivity contribution in [1.82, 2.24) is 0 Å². The van der Waals surface area contributed by atoms with Crippen LogP contribution in [0.25, 0.3) is 0 Å². The number of benzene rings is 2. The molecular formula is C24H27ClO5. The molecule has 2 aliphatic rings. The molecule has 5 nitrogen and oxygen atoms in total. The lowest BCUT2D eigenvalue weighted by molar-refractivity contribution is -0.123. The van der Waals surface area contributed by atoms with Crippen molar-refractivity contribution in [1.29, 1.82) is 0 Å². The first kappa shape index (κ1) is 21.3. The van der Waals surface area contributed by atoms with Gasteiger partial charge in [0.15, 0.2) is 11.9 Å². The summed E-state index contributed by atoms with van der Waals surface area (Å²) in [7, 11) is 0. The molecule has 4 atom stereocenters. The lowest BCUT2D eigenvalue weighted by Gasteiger charge is -2.32. The first-order valence-electron chi connectivity index (χ1n) is 10.5. The summed E-state index contributed by atoms with van der Waals surface area (Å²) >= 11 is 6.44. The molecule has 0 amide bonds. The van der Waals surface area contributed by atoms with Gasteiger partial charge in [0.05, 0.1) is 24.9 Å². The first-order valence-corrected chi connectivity index (χ1v) is 10.9. The highest BCUT2D eigenvalue weighted by Gasteiger charge is 2.29. The van der Waals surface area contributed by atoms with Gasteiger partial charge in [0.1, 0.15) is 5.75 Å². The van der Waals surface area contributed by atoms with Gasteiger partial charge in [-0.05, 0) is 54.2 Å². The Labute approximate surface area is 181 Å². The lowest BCUT2D eigenvalue weighted by atomic mass is 9.94. The summed E-state index contributed by atoms with van der Waals surface area (Å²) in [5, 5.41) is 20.2. The van der Waals surface area contributed by atoms with E-state index in [0.29, 0.717) is 36.5 Å². The van der Waals surface area contributed by atoms with Crippen molar-refractivity contribution in [3.63, 3.8) is 0 Å². The highest BCUT2D eigenvalue weighted by molar-refractivity contribution is 6.31. The number of ketones is 1. The molecule has 2 aromatic rings. The number of hydrogen-bond acceptors (Lipinski definition) is 5. The zero-order valence-corrected chi connectivity index (χ0v) is 17.6. The first-order chi connectivity index (χ1) is 14.5. The van der Waals surface area contributed by atoms with Gasteiger partial charge in [0.25, 0.3) is 0 Å². The van der Waals surface area contributed by atoms with Crippen LogP contribution in [0.2, 0.25) is 5.02 Å². The third-order valence-electron chi connectivity index (χ3n) is 5.87. The third kappa shape index (κ3) is 5.03. The van der Waals surface area contributed by atoms with Gasteiger partial charge in [-0.3, -0.25) is 4.79 Å². The fraction of sp³-hybridized carbons (Fsp3) is 0.458. The molecule has 0 aromatic heterocycles. The maximum Gasteiger partial charge on any atom is 0.173 e. The van der Waals surface area contributed by atoms with Crippen LogP contribution in [0.15, 0.2) is 42.5 Å². The van der Waals surface area contributed by atoms with Crippen LogP contribution in [-0.4, -0.2) is 40.9 Å². The second-order valence-electron chi connectivity index (χ2n) is 8.19. The Hall–Kier alpha value is -1.92. The van der Waals surface area contributed by atoms with E-state index in [1.807, 2.05) is 42.5 Å². The number of aliphatic hydroxyl groups excluding tert-OH is 2. The van der Waals surface area contributed by atoms with Gasteiger partial charge in [-0.15, -0.1) is 0 Å². The van der Waals surface area contributed by atoms with E-state index in [9.17, 15) is 15.0 Å². The van der Waals surface area contributed by atoms with Gasteiger partial charge in [0.2, 0.25) is 0 Å². The highest BCUT2D eigenvalue weighted by atomic mass is 35.5. The standard InChI is InChI=1S/C24H27ClO5/c25-21-9-6-16(24-13-18(27)12-20(14-26)30-24)11-17(21)10-15-4-7-19(8-5-15)29-23-3-1-2-22(23)28/h4-9,11,18,20,23-24,26-27H,1-3,10,12-14H2/t18-,20-,23?,24+/m0/s1. The number of rotatable bonds is 6. The van der Waals surface area contributed by atoms with Crippen LogP contribution in [0, 0.1) is 0 Å². The van der Waals surface area contributed by atoms with E-state index in [1.54, 1.807) is 0 Å². The Morgan fingerprint density at radius 1 is 1.13 bits per heavy atom. The average molecular weight is 431 g/mol. The maximum absolute atomic E-state index is 11.8. The molecule has 2 N–H and O–H groups in total. The summed E-state index contributed by atoms with van der Waals surface area (Å²) in [5.41, 5.74) is 3.00. The van der Waals surface area contributed by atoms with Gasteiger partial charge in [-0.25, -0.2) is 0 Å². The number of aliphatic hydroxyl groups is 2. The number of halogens is 1. The molecule has 1 aliphatic carbocycles. The predicted octanol–water partition coefficient (Wildman–Crippen LogP) is 4.00. The smallest absolute Gasteiger partial charge is 0.173 e. The third-order valence-corrected chi connectivity index (χ3v) is 6.24. The zero-order chi connectivity index (χ0) is 21.1. The monoisotopic (exact) mass is 430 g/mol. The van der Waals surface area contributed by atoms with E-state index in [2.05, 4.69) is 0 Å². The summed E-state index contributed by atoms with van der Waals surface area (Å²) in [4.78, 5) is 11.8. The Kier molecular flexibility index (Phi) is 6.74. The van der Waals surface area contributed by atoms with Crippen molar-refractivity contribution in [2.75, 3.05) is 6.61 Å². The van der Waals surface area contributed by atoms with E-state index >= 15 is 0 Å². The van der Waals surface area contributed by atoms with Crippen molar-refractivity contribution in [3.8, 4) is 5.75 Å². The maximum atomic E-state index is 11.8. The molecule has 160 valence electrons. The normalized spacial score (nSPS) is 26.7. The molecule has 2 fully saturated rings. The number of ether oxygens (including phenoxy) is 2. The summed E-state index contributed by atoms with van der Waals surface area (Å²) in [6.07, 6.45) is 2.49. The Balaban J connectivity index is 1.45. The SMILES string of the molecule is O=C1CCCC1Oc1ccc(Cc2cc([C@H]3C[C@@H](O)C[C@@H](CO)O3)ccc2Cl)cc1. The van der Waals surface area contributed by atoms with Crippen LogP contribution in [0.4, 0.5) is 0 Å². The van der Waals surface area contributed by atoms with Gasteiger partial charge < -0.3 is 19.7 Å². The van der Waals surface area contributed by atoms with E-state index < -0.39 is 6.10 Å². The molecule has 6 heteroatoms. The minimum Gasteiger partial charge on any atom is -0.483 e. The largest absolute Gasteiger partial charge is 0.483 e. The molecule has 30 heavy (non-hydrogen) atoms. The van der Waals surface area contributed by atoms with E-state index in [4.69, 9.17) is 21.1 Å². The molecule has 4 rings (SSSR count). The summed E-state index contributed by atoms with van der Waals surface area (Å²) in [6.45, 7) is -0.102. The predicted molar refractivity (Wildman–Crippen MR) is 114 cm³/mol. The van der Waals surface area contributed by atoms with Crippen LogP contribution in [-0.2, 0) is 16.0 Å². The van der Waals surface area contributed by atoms with Crippen LogP contribution in [0.3, 0.4) is 0 Å². The molecule has 1 saturated heterocycles. The minimum absolute atomic E-state index is 0.102. The van der Waals surface area contributed by atoms with Crippen LogP contribution in [0.1, 0.15) is 54.9 Å². The quantitative estimate of drug-likeness (QED) is 0.724. The van der Waals surface area contributed by atoms with Crippen LogP contribution >= 0.6 is 11.6 Å². The second-order valence-corrected chi connectivity index (χ2v) is 8.60. The van der Waals surface area contributed by atoms with Crippen molar-refractivity contribution in [3.05, 3.63) is 64.2 Å². The molecule has 1 aliphatic heterocycles. The molecule has 2 aromatic carbocycles. The molecular weight excluding hydrogens is 404 g/mol. The lowest BCUT2D eigenvalue weighted by Crippen LogP contribution is -2.33. The number of hydrogen-bond donors (Lipinski definition) is 2. The highest BCUT2D eigenvalue weighted by Crippen LogP contribution is 2.34. The summed E-state index contributed by atoms with van der Waals surface area (Å²) in [5.74, 6) is 0.889. The average Bonchev–Trinajstić information content (AvgIpc) is 3.15. The van der Waals surface area contributed by atoms with Crippen molar-refractivity contribution in [2.45, 2.75) is 62.9 Å². The zero-order valence-electron chi connectivity index (χ0n) is 16.8. The molecule has 1 unspecified atom stereocenters. The van der Waals surface area contributed by atoms with E-state index in [0.717, 1.165) is 29.5 Å². The van der Waals surface area contributed by atoms with Crippen LogP contribution in [0.5, 0.6) is 5.75 Å². The molecule has 1 saturated carbocycles. The second kappa shape index (κ2) is 9.48. The van der Waals surface area contributed by atoms with Gasteiger partial charge in [-0.1, -0.05) is 35.9 Å². The Morgan fingerprint density at radius 3 is 2.63 bits per heavy atom. The fourth-order valence-electron chi connectivity index (χ4n) is 4.23. The molecule has 0 bridgehead atoms. The van der Waals surface area contributed by atoms with Gasteiger partial charge in [-0.2, -0.15) is 0 Å². The van der Waals surface area contributed by atoms with Gasteiger partial charge >= 0.3 is 0 Å². The summed E-state index contributed by atoms with van der Waals surface area (Å²) < 4.78 is 11.7. The molecule has 1 heterocycles. The molecule has 0 radical (unpaired) electrons. The van der Waals surface area contributed by atoms with Crippen molar-refractivity contribution < 1.29 is 24.5 Å². The van der Waals surface area contributed by atoms with Crippen molar-refractivity contribution in [2.24, 2.45) is 0 Å². The van der Waals surface area contributed by atoms with Gasteiger partial charge in [0, 0.05) is 24.3 Å². The van der Waals surface area contributed by atoms with Crippen molar-refractivity contribution >= 4 is 17.4 Å². The number of Topliss-reactive ketones (excluding diaryl/α,β-unsaturated/α-hetero) is 1. The minimum atomic E-state index is -0.487. The fourth-order valence-corrected chi connectivity index (χ4v) is 4.42.